The van der Waals surface area contributed by atoms with Crippen LogP contribution in [0, 0.1) is 0 Å². The Bertz CT molecular complexity index is 210. The summed E-state index contributed by atoms with van der Waals surface area (Å²) >= 11 is 0. The van der Waals surface area contributed by atoms with Crippen molar-refractivity contribution in [1.29, 1.82) is 0 Å². The Morgan fingerprint density at radius 3 is 2.36 bits per heavy atom. The Labute approximate surface area is 69.6 Å². The Morgan fingerprint density at radius 1 is 1.45 bits per heavy atom. The molecule has 0 unspecified atom stereocenters. The van der Waals surface area contributed by atoms with E-state index >= 15 is 0 Å². The van der Waals surface area contributed by atoms with Gasteiger partial charge in [-0.25, -0.2) is 4.21 Å². The lowest BCUT2D eigenvalue weighted by atomic mass is 10.9. The second-order valence-corrected chi connectivity index (χ2v) is 5.75. The molecule has 6 heteroatoms. The van der Waals surface area contributed by atoms with Crippen molar-refractivity contribution in [3.8, 4) is 0 Å². The topological polar surface area (TPSA) is 34.0 Å². The minimum absolute atomic E-state index is 0.140. The molecule has 4 nitrogen and oxygen atoms in total. The molecule has 0 saturated heterocycles. The highest BCUT2D eigenvalue weighted by atomic mass is 31.2. The van der Waals surface area contributed by atoms with Crippen molar-refractivity contribution in [3.63, 3.8) is 0 Å². The van der Waals surface area contributed by atoms with Gasteiger partial charge in [0.1, 0.15) is 0 Å². The fourth-order valence-electron chi connectivity index (χ4n) is 0.548. The normalized spacial score (nSPS) is 11.4. The highest BCUT2D eigenvalue weighted by Gasteiger charge is 2.04. The van der Waals surface area contributed by atoms with Crippen LogP contribution in [0.1, 0.15) is 0 Å². The highest BCUT2D eigenvalue weighted by molar-refractivity contribution is 7.59. The molecule has 1 heterocycles. The first-order valence-electron chi connectivity index (χ1n) is 3.26. The van der Waals surface area contributed by atoms with Gasteiger partial charge in [0.15, 0.2) is 8.51 Å². The maximum atomic E-state index is 4.31. The highest BCUT2D eigenvalue weighted by Crippen LogP contribution is 2.30. The number of aromatic nitrogens is 3. The Morgan fingerprint density at radius 2 is 2.09 bits per heavy atom. The average Bonchev–Trinajstić information content (AvgIpc) is 2.33. The molecule has 1 aromatic heterocycles. The summed E-state index contributed by atoms with van der Waals surface area (Å²) in [6.07, 6.45) is 0. The van der Waals surface area contributed by atoms with E-state index in [9.17, 15) is 0 Å². The van der Waals surface area contributed by atoms with E-state index in [1.165, 1.54) is 0 Å². The molecule has 0 bridgehead atoms. The molecule has 0 N–H and O–H groups in total. The van der Waals surface area contributed by atoms with Crippen LogP contribution in [0.3, 0.4) is 0 Å². The molecular formula is C5H12N4P2. The first-order valence-corrected chi connectivity index (χ1v) is 6.25. The summed E-state index contributed by atoms with van der Waals surface area (Å²) in [4.78, 5) is 1.92. The first-order chi connectivity index (χ1) is 5.11. The quantitative estimate of drug-likeness (QED) is 0.661. The summed E-state index contributed by atoms with van der Waals surface area (Å²) in [7, 11) is 4.73. The molecule has 0 radical (unpaired) electrons. The molecule has 0 aliphatic carbocycles. The van der Waals surface area contributed by atoms with Gasteiger partial charge < -0.3 is 4.90 Å². The molecule has 1 aromatic rings. The Balaban J connectivity index is 2.82. The fraction of sp³-hybridized carbons (Fsp3) is 0.800. The molecular weight excluding hydrogens is 178 g/mol. The molecule has 0 aliphatic heterocycles. The Hall–Kier alpha value is -0.200. The van der Waals surface area contributed by atoms with Crippen molar-refractivity contribution in [1.82, 2.24) is 14.1 Å². The van der Waals surface area contributed by atoms with Crippen molar-refractivity contribution in [2.45, 2.75) is 0 Å². The van der Waals surface area contributed by atoms with E-state index in [0.717, 1.165) is 14.5 Å². The van der Waals surface area contributed by atoms with Crippen LogP contribution in [0.4, 0.5) is 5.95 Å². The first kappa shape index (κ1) is 8.89. The van der Waals surface area contributed by atoms with Crippen LogP contribution in [0.2, 0.25) is 0 Å². The van der Waals surface area contributed by atoms with Crippen LogP contribution < -0.4 is 4.90 Å². The predicted octanol–water partition coefficient (Wildman–Crippen LogP) is 1.43. The van der Waals surface area contributed by atoms with E-state index in [1.54, 1.807) is 0 Å². The third-order valence-electron chi connectivity index (χ3n) is 1.15. The SMILES string of the molecule is CN(C)c1npn(P(C)C)n1. The summed E-state index contributed by atoms with van der Waals surface area (Å²) in [5.74, 6) is 0.822. The lowest BCUT2D eigenvalue weighted by molar-refractivity contribution is 0.971. The van der Waals surface area contributed by atoms with E-state index in [4.69, 9.17) is 0 Å². The summed E-state index contributed by atoms with van der Waals surface area (Å²) in [6, 6.07) is 0. The smallest absolute Gasteiger partial charge is 0.248 e. The summed E-state index contributed by atoms with van der Waals surface area (Å²) in [5, 5.41) is 4.31. The monoisotopic (exact) mass is 190 g/mol. The molecule has 0 spiro atoms. The van der Waals surface area contributed by atoms with E-state index in [1.807, 2.05) is 23.2 Å². The average molecular weight is 190 g/mol. The summed E-state index contributed by atoms with van der Waals surface area (Å²) in [5.41, 5.74) is 0. The van der Waals surface area contributed by atoms with Crippen LogP contribution in [-0.2, 0) is 0 Å². The number of nitrogens with zero attached hydrogens (tertiary/aromatic N) is 4. The molecule has 11 heavy (non-hydrogen) atoms. The minimum atomic E-state index is -0.140. The molecule has 0 aliphatic rings. The van der Waals surface area contributed by atoms with Gasteiger partial charge in [0.05, 0.1) is 0 Å². The Kier molecular flexibility index (Phi) is 2.80. The molecule has 0 saturated carbocycles. The van der Waals surface area contributed by atoms with Crippen LogP contribution in [-0.4, -0.2) is 41.5 Å². The zero-order valence-corrected chi connectivity index (χ0v) is 8.97. The molecule has 0 fully saturated rings. The van der Waals surface area contributed by atoms with Gasteiger partial charge in [0.2, 0.25) is 5.95 Å². The van der Waals surface area contributed by atoms with Crippen LogP contribution in [0.25, 0.3) is 0 Å². The van der Waals surface area contributed by atoms with Gasteiger partial charge in [-0.15, -0.1) is 5.10 Å². The largest absolute Gasteiger partial charge is 0.345 e. The van der Waals surface area contributed by atoms with E-state index in [-0.39, 0.29) is 8.07 Å². The minimum Gasteiger partial charge on any atom is -0.345 e. The van der Waals surface area contributed by atoms with Gasteiger partial charge in [-0.1, -0.05) is 0 Å². The molecule has 0 amide bonds. The zero-order chi connectivity index (χ0) is 8.43. The summed E-state index contributed by atoms with van der Waals surface area (Å²) in [6.45, 7) is 4.33. The second kappa shape index (κ2) is 3.46. The van der Waals surface area contributed by atoms with E-state index in [0.29, 0.717) is 0 Å². The van der Waals surface area contributed by atoms with E-state index in [2.05, 4.69) is 23.2 Å². The maximum Gasteiger partial charge on any atom is 0.248 e. The second-order valence-electron chi connectivity index (χ2n) is 2.60. The molecule has 0 aromatic carbocycles. The van der Waals surface area contributed by atoms with Crippen LogP contribution in [0.15, 0.2) is 0 Å². The van der Waals surface area contributed by atoms with Crippen LogP contribution >= 0.6 is 16.6 Å². The molecule has 62 valence electrons. The van der Waals surface area contributed by atoms with Gasteiger partial charge in [0.25, 0.3) is 0 Å². The van der Waals surface area contributed by atoms with Gasteiger partial charge in [-0.05, 0) is 13.3 Å². The van der Waals surface area contributed by atoms with Crippen molar-refractivity contribution in [2.75, 3.05) is 32.3 Å². The van der Waals surface area contributed by atoms with Gasteiger partial charge in [0, 0.05) is 22.2 Å². The zero-order valence-electron chi connectivity index (χ0n) is 7.18. The third kappa shape index (κ3) is 2.11. The number of hydrogen-bond donors (Lipinski definition) is 0. The summed E-state index contributed by atoms with van der Waals surface area (Å²) < 4.78 is 6.23. The van der Waals surface area contributed by atoms with Crippen molar-refractivity contribution in [2.24, 2.45) is 0 Å². The van der Waals surface area contributed by atoms with Crippen molar-refractivity contribution >= 4 is 22.5 Å². The maximum absolute atomic E-state index is 4.31. The van der Waals surface area contributed by atoms with Crippen molar-refractivity contribution in [3.05, 3.63) is 0 Å². The number of rotatable bonds is 2. The fourth-order valence-corrected chi connectivity index (χ4v) is 2.07. The standard InChI is InChI=1S/C5H12N4P2/c1-8(2)5-6-9(10-7-5)11(3)4/h1-4H3. The number of hydrogen-bond acceptors (Lipinski definition) is 3. The van der Waals surface area contributed by atoms with Crippen molar-refractivity contribution < 1.29 is 0 Å². The third-order valence-corrected chi connectivity index (χ3v) is 3.79. The van der Waals surface area contributed by atoms with Gasteiger partial charge in [-0.3, -0.25) is 0 Å². The predicted molar refractivity (Wildman–Crippen MR) is 51.0 cm³/mol. The molecule has 1 rings (SSSR count). The van der Waals surface area contributed by atoms with Crippen LogP contribution in [0.5, 0.6) is 0 Å². The van der Waals surface area contributed by atoms with Gasteiger partial charge in [-0.2, -0.15) is 4.75 Å². The van der Waals surface area contributed by atoms with Gasteiger partial charge >= 0.3 is 0 Å². The number of anilines is 1. The lowest BCUT2D eigenvalue weighted by Crippen LogP contribution is -2.10. The molecule has 0 atom stereocenters. The van der Waals surface area contributed by atoms with E-state index < -0.39 is 0 Å². The lowest BCUT2D eigenvalue weighted by Gasteiger charge is -2.05.